The van der Waals surface area contributed by atoms with Gasteiger partial charge in [-0.15, -0.1) is 0 Å². The van der Waals surface area contributed by atoms with E-state index in [4.69, 9.17) is 10.5 Å². The van der Waals surface area contributed by atoms with Crippen molar-refractivity contribution in [1.29, 1.82) is 0 Å². The van der Waals surface area contributed by atoms with E-state index >= 15 is 0 Å². The predicted octanol–water partition coefficient (Wildman–Crippen LogP) is 2.38. The van der Waals surface area contributed by atoms with Gasteiger partial charge < -0.3 is 21.1 Å². The molecule has 5 nitrogen and oxygen atoms in total. The van der Waals surface area contributed by atoms with Crippen molar-refractivity contribution in [3.8, 4) is 5.75 Å². The first-order chi connectivity index (χ1) is 9.42. The second-order valence-corrected chi connectivity index (χ2v) is 5.11. The van der Waals surface area contributed by atoms with Gasteiger partial charge >= 0.3 is 0 Å². The molecule has 0 aliphatic carbocycles. The van der Waals surface area contributed by atoms with Crippen LogP contribution in [-0.2, 0) is 4.79 Å². The molecule has 0 aliphatic rings. The molecular weight excluding hydrogens is 254 g/mol. The minimum Gasteiger partial charge on any atom is -0.491 e. The lowest BCUT2D eigenvalue weighted by molar-refractivity contribution is -0.121. The van der Waals surface area contributed by atoms with Crippen LogP contribution in [0.2, 0.25) is 0 Å². The van der Waals surface area contributed by atoms with E-state index in [2.05, 4.69) is 10.6 Å². The molecule has 20 heavy (non-hydrogen) atoms. The monoisotopic (exact) mass is 279 g/mol. The number of carbonyl (C=O) groups is 1. The number of ether oxygens (including phenoxy) is 1. The highest BCUT2D eigenvalue weighted by molar-refractivity contribution is 5.84. The quantitative estimate of drug-likeness (QED) is 0.670. The number of hydrogen-bond donors (Lipinski definition) is 3. The summed E-state index contributed by atoms with van der Waals surface area (Å²) in [6.07, 6.45) is 0.998. The molecule has 5 heteroatoms. The van der Waals surface area contributed by atoms with Gasteiger partial charge in [-0.3, -0.25) is 4.79 Å². The van der Waals surface area contributed by atoms with Crippen LogP contribution in [0.4, 0.5) is 11.4 Å². The Morgan fingerprint density at radius 1 is 1.30 bits per heavy atom. The Hall–Kier alpha value is -1.91. The number of benzene rings is 1. The zero-order chi connectivity index (χ0) is 15.1. The molecule has 0 saturated carbocycles. The number of amides is 1. The Balaban J connectivity index is 2.71. The molecule has 1 aromatic carbocycles. The molecule has 1 atom stereocenters. The molecule has 0 radical (unpaired) electrons. The minimum atomic E-state index is -0.324. The van der Waals surface area contributed by atoms with Gasteiger partial charge in [0.2, 0.25) is 5.91 Å². The molecule has 112 valence electrons. The first-order valence-electron chi connectivity index (χ1n) is 7.03. The van der Waals surface area contributed by atoms with Crippen LogP contribution in [0.15, 0.2) is 18.2 Å². The summed E-state index contributed by atoms with van der Waals surface area (Å²) in [7, 11) is 0. The second-order valence-electron chi connectivity index (χ2n) is 5.11. The van der Waals surface area contributed by atoms with E-state index in [1.54, 1.807) is 12.1 Å². The molecule has 1 rings (SSSR count). The van der Waals surface area contributed by atoms with E-state index in [1.165, 1.54) is 0 Å². The summed E-state index contributed by atoms with van der Waals surface area (Å²) in [5, 5.41) is 5.98. The number of anilines is 2. The van der Waals surface area contributed by atoms with Crippen molar-refractivity contribution in [1.82, 2.24) is 5.32 Å². The molecule has 1 amide bonds. The van der Waals surface area contributed by atoms with Crippen LogP contribution in [0.25, 0.3) is 0 Å². The van der Waals surface area contributed by atoms with Crippen molar-refractivity contribution in [2.24, 2.45) is 0 Å². The lowest BCUT2D eigenvalue weighted by atomic mass is 10.2. The summed E-state index contributed by atoms with van der Waals surface area (Å²) in [6, 6.07) is 5.08. The van der Waals surface area contributed by atoms with E-state index < -0.39 is 0 Å². The molecule has 0 bridgehead atoms. The summed E-state index contributed by atoms with van der Waals surface area (Å²) >= 11 is 0. The highest BCUT2D eigenvalue weighted by Crippen LogP contribution is 2.24. The Labute approximate surface area is 120 Å². The van der Waals surface area contributed by atoms with Crippen LogP contribution in [0.5, 0.6) is 5.75 Å². The Morgan fingerprint density at radius 2 is 2.00 bits per heavy atom. The standard InChI is InChI=1S/C15H25N3O2/c1-5-6-17-15(19)11(4)18-13-7-12(16)8-14(9-13)20-10(2)3/h7-11,18H,5-6,16H2,1-4H3,(H,17,19). The number of hydrogen-bond acceptors (Lipinski definition) is 4. The first kappa shape index (κ1) is 16.1. The highest BCUT2D eigenvalue weighted by Gasteiger charge is 2.12. The van der Waals surface area contributed by atoms with Gasteiger partial charge in [-0.1, -0.05) is 6.92 Å². The molecule has 0 aromatic heterocycles. The van der Waals surface area contributed by atoms with Crippen LogP contribution in [0, 0.1) is 0 Å². The third kappa shape index (κ3) is 5.38. The number of nitrogens with one attached hydrogen (secondary N) is 2. The third-order valence-corrected chi connectivity index (χ3v) is 2.63. The molecule has 0 fully saturated rings. The van der Waals surface area contributed by atoms with Crippen LogP contribution in [0.1, 0.15) is 34.1 Å². The summed E-state index contributed by atoms with van der Waals surface area (Å²) < 4.78 is 5.62. The number of carbonyl (C=O) groups excluding carboxylic acids is 1. The Morgan fingerprint density at radius 3 is 2.60 bits per heavy atom. The molecule has 0 aliphatic heterocycles. The topological polar surface area (TPSA) is 76.4 Å². The number of nitrogen functional groups attached to an aromatic ring is 1. The molecule has 4 N–H and O–H groups in total. The number of rotatable bonds is 7. The Kier molecular flexibility index (Phi) is 6.15. The smallest absolute Gasteiger partial charge is 0.242 e. The molecule has 0 spiro atoms. The second kappa shape index (κ2) is 7.62. The SMILES string of the molecule is CCCNC(=O)C(C)Nc1cc(N)cc(OC(C)C)c1. The summed E-state index contributed by atoms with van der Waals surface area (Å²) in [5.74, 6) is 0.671. The van der Waals surface area contributed by atoms with Gasteiger partial charge in [-0.25, -0.2) is 0 Å². The molecule has 0 heterocycles. The van der Waals surface area contributed by atoms with Crippen molar-refractivity contribution >= 4 is 17.3 Å². The van der Waals surface area contributed by atoms with Crippen molar-refractivity contribution < 1.29 is 9.53 Å². The largest absolute Gasteiger partial charge is 0.491 e. The lowest BCUT2D eigenvalue weighted by Gasteiger charge is -2.17. The zero-order valence-corrected chi connectivity index (χ0v) is 12.7. The molecular formula is C15H25N3O2. The fraction of sp³-hybridized carbons (Fsp3) is 0.533. The highest BCUT2D eigenvalue weighted by atomic mass is 16.5. The van der Waals surface area contributed by atoms with E-state index in [-0.39, 0.29) is 18.1 Å². The maximum atomic E-state index is 11.8. The van der Waals surface area contributed by atoms with Gasteiger partial charge in [-0.2, -0.15) is 0 Å². The van der Waals surface area contributed by atoms with Crippen molar-refractivity contribution in [3.05, 3.63) is 18.2 Å². The van der Waals surface area contributed by atoms with E-state index in [0.29, 0.717) is 18.0 Å². The van der Waals surface area contributed by atoms with Gasteiger partial charge in [-0.05, 0) is 33.3 Å². The third-order valence-electron chi connectivity index (χ3n) is 2.63. The fourth-order valence-electron chi connectivity index (χ4n) is 1.76. The zero-order valence-electron chi connectivity index (χ0n) is 12.7. The lowest BCUT2D eigenvalue weighted by Crippen LogP contribution is -2.37. The fourth-order valence-corrected chi connectivity index (χ4v) is 1.76. The Bertz CT molecular complexity index is 447. The maximum Gasteiger partial charge on any atom is 0.242 e. The normalized spacial score (nSPS) is 12.1. The molecule has 0 saturated heterocycles. The van der Waals surface area contributed by atoms with Crippen LogP contribution >= 0.6 is 0 Å². The average Bonchev–Trinajstić information content (AvgIpc) is 2.34. The average molecular weight is 279 g/mol. The van der Waals surface area contributed by atoms with E-state index in [9.17, 15) is 4.79 Å². The van der Waals surface area contributed by atoms with Gasteiger partial charge in [0.1, 0.15) is 11.8 Å². The summed E-state index contributed by atoms with van der Waals surface area (Å²) in [4.78, 5) is 11.8. The minimum absolute atomic E-state index is 0.0272. The van der Waals surface area contributed by atoms with Crippen molar-refractivity contribution in [3.63, 3.8) is 0 Å². The number of nitrogens with two attached hydrogens (primary N) is 1. The summed E-state index contributed by atoms with van der Waals surface area (Å²) in [5.41, 5.74) is 7.23. The van der Waals surface area contributed by atoms with E-state index in [1.807, 2.05) is 33.8 Å². The van der Waals surface area contributed by atoms with E-state index in [0.717, 1.165) is 12.1 Å². The maximum absolute atomic E-state index is 11.8. The summed E-state index contributed by atoms with van der Waals surface area (Å²) in [6.45, 7) is 8.43. The first-order valence-corrected chi connectivity index (χ1v) is 7.03. The molecule has 1 unspecified atom stereocenters. The van der Waals surface area contributed by atoms with Gasteiger partial charge in [0.25, 0.3) is 0 Å². The van der Waals surface area contributed by atoms with Crippen LogP contribution in [-0.4, -0.2) is 24.6 Å². The van der Waals surface area contributed by atoms with Crippen molar-refractivity contribution in [2.45, 2.75) is 46.3 Å². The molecule has 1 aromatic rings. The van der Waals surface area contributed by atoms with Crippen LogP contribution < -0.4 is 21.1 Å². The van der Waals surface area contributed by atoms with Crippen LogP contribution in [0.3, 0.4) is 0 Å². The van der Waals surface area contributed by atoms with Gasteiger partial charge in [0.05, 0.1) is 6.10 Å². The van der Waals surface area contributed by atoms with Gasteiger partial charge in [0.15, 0.2) is 0 Å². The van der Waals surface area contributed by atoms with Gasteiger partial charge in [0, 0.05) is 30.1 Å². The predicted molar refractivity (Wildman–Crippen MR) is 83.0 cm³/mol. The van der Waals surface area contributed by atoms with Crippen molar-refractivity contribution in [2.75, 3.05) is 17.6 Å².